The van der Waals surface area contributed by atoms with Gasteiger partial charge in [-0.15, -0.1) is 0 Å². The lowest BCUT2D eigenvalue weighted by molar-refractivity contribution is 0.579. The van der Waals surface area contributed by atoms with E-state index in [0.717, 1.165) is 10.2 Å². The summed E-state index contributed by atoms with van der Waals surface area (Å²) < 4.78 is 24.8. The lowest BCUT2D eigenvalue weighted by atomic mass is 10.2. The van der Waals surface area contributed by atoms with Crippen LogP contribution in [0.1, 0.15) is 6.92 Å². The smallest absolute Gasteiger partial charge is 0.182 e. The molecule has 0 fully saturated rings. The molecule has 1 aliphatic heterocycles. The highest BCUT2D eigenvalue weighted by molar-refractivity contribution is 9.10. The van der Waals surface area contributed by atoms with Gasteiger partial charge in [0.2, 0.25) is 0 Å². The second-order valence-electron chi connectivity index (χ2n) is 4.21. The third kappa shape index (κ3) is 2.34. The molecular weight excluding hydrogens is 304 g/mol. The first-order chi connectivity index (χ1) is 7.95. The van der Waals surface area contributed by atoms with E-state index in [1.165, 1.54) is 0 Å². The van der Waals surface area contributed by atoms with Crippen LogP contribution in [-0.2, 0) is 9.84 Å². The number of nitrogens with two attached hydrogens (primary N) is 1. The minimum Gasteiger partial charge on any atom is -0.365 e. The van der Waals surface area contributed by atoms with Crippen molar-refractivity contribution >= 4 is 31.5 Å². The lowest BCUT2D eigenvalue weighted by Gasteiger charge is -2.35. The second-order valence-corrected chi connectivity index (χ2v) is 7.20. The van der Waals surface area contributed by atoms with Crippen LogP contribution in [0.25, 0.3) is 0 Å². The molecule has 94 valence electrons. The van der Waals surface area contributed by atoms with Crippen molar-refractivity contribution in [2.24, 2.45) is 5.73 Å². The summed E-state index contributed by atoms with van der Waals surface area (Å²) >= 11 is 3.31. The van der Waals surface area contributed by atoms with E-state index in [1.54, 1.807) is 6.07 Å². The van der Waals surface area contributed by atoms with E-state index in [1.807, 2.05) is 19.1 Å². The Morgan fingerprint density at radius 3 is 2.88 bits per heavy atom. The van der Waals surface area contributed by atoms with E-state index in [9.17, 15) is 8.42 Å². The third-order valence-electron chi connectivity index (χ3n) is 3.04. The standard InChI is InChI=1S/C11H15BrN2O2S/c1-8(7-13)14-4-5-17(15,16)11-6-9(12)2-3-10(11)14/h2-3,6,8H,4-5,7,13H2,1H3. The van der Waals surface area contributed by atoms with Gasteiger partial charge in [-0.05, 0) is 25.1 Å². The molecule has 2 rings (SSSR count). The molecule has 1 heterocycles. The molecule has 0 saturated carbocycles. The largest absolute Gasteiger partial charge is 0.365 e. The molecule has 0 radical (unpaired) electrons. The van der Waals surface area contributed by atoms with Gasteiger partial charge in [0, 0.05) is 23.6 Å². The molecule has 2 N–H and O–H groups in total. The molecule has 6 heteroatoms. The molecule has 0 aromatic heterocycles. The number of rotatable bonds is 2. The van der Waals surface area contributed by atoms with Crippen molar-refractivity contribution in [2.75, 3.05) is 23.7 Å². The number of anilines is 1. The van der Waals surface area contributed by atoms with Crippen molar-refractivity contribution in [3.8, 4) is 0 Å². The van der Waals surface area contributed by atoms with Gasteiger partial charge in [-0.1, -0.05) is 15.9 Å². The fourth-order valence-electron chi connectivity index (χ4n) is 2.01. The van der Waals surface area contributed by atoms with Gasteiger partial charge in [-0.25, -0.2) is 8.42 Å². The van der Waals surface area contributed by atoms with Crippen LogP contribution in [0, 0.1) is 0 Å². The monoisotopic (exact) mass is 318 g/mol. The SMILES string of the molecule is CC(CN)N1CCS(=O)(=O)c2cc(Br)ccc21. The highest BCUT2D eigenvalue weighted by Gasteiger charge is 2.30. The summed E-state index contributed by atoms with van der Waals surface area (Å²) in [6.07, 6.45) is 0. The summed E-state index contributed by atoms with van der Waals surface area (Å²) in [6, 6.07) is 5.50. The molecule has 1 aliphatic rings. The molecule has 0 amide bonds. The van der Waals surface area contributed by atoms with Gasteiger partial charge in [0.05, 0.1) is 16.3 Å². The summed E-state index contributed by atoms with van der Waals surface area (Å²) in [6.45, 7) is 3.02. The molecule has 0 aliphatic carbocycles. The van der Waals surface area contributed by atoms with Gasteiger partial charge in [0.1, 0.15) is 0 Å². The normalized spacial score (nSPS) is 19.8. The van der Waals surface area contributed by atoms with Crippen LogP contribution in [0.2, 0.25) is 0 Å². The first kappa shape index (κ1) is 12.9. The Labute approximate surface area is 110 Å². The average molecular weight is 319 g/mol. The number of halogens is 1. The number of nitrogens with zero attached hydrogens (tertiary/aromatic N) is 1. The van der Waals surface area contributed by atoms with Crippen molar-refractivity contribution in [2.45, 2.75) is 17.9 Å². The van der Waals surface area contributed by atoms with E-state index in [-0.39, 0.29) is 11.8 Å². The molecule has 1 unspecified atom stereocenters. The van der Waals surface area contributed by atoms with Crippen molar-refractivity contribution in [1.82, 2.24) is 0 Å². The topological polar surface area (TPSA) is 63.4 Å². The van der Waals surface area contributed by atoms with Crippen LogP contribution < -0.4 is 10.6 Å². The molecule has 0 bridgehead atoms. The van der Waals surface area contributed by atoms with Crippen LogP contribution in [-0.4, -0.2) is 33.3 Å². The zero-order valence-electron chi connectivity index (χ0n) is 9.56. The quantitative estimate of drug-likeness (QED) is 0.895. The van der Waals surface area contributed by atoms with Crippen LogP contribution in [0.4, 0.5) is 5.69 Å². The number of benzene rings is 1. The molecule has 1 atom stereocenters. The van der Waals surface area contributed by atoms with Crippen LogP contribution in [0.3, 0.4) is 0 Å². The van der Waals surface area contributed by atoms with Gasteiger partial charge < -0.3 is 10.6 Å². The Kier molecular flexibility index (Phi) is 3.47. The molecule has 1 aromatic carbocycles. The van der Waals surface area contributed by atoms with Gasteiger partial charge in [-0.2, -0.15) is 0 Å². The predicted molar refractivity (Wildman–Crippen MR) is 72.1 cm³/mol. The van der Waals surface area contributed by atoms with E-state index >= 15 is 0 Å². The fourth-order valence-corrected chi connectivity index (χ4v) is 3.99. The van der Waals surface area contributed by atoms with Crippen LogP contribution >= 0.6 is 15.9 Å². The summed E-state index contributed by atoms with van der Waals surface area (Å²) in [5.74, 6) is 0.154. The zero-order chi connectivity index (χ0) is 12.6. The molecule has 17 heavy (non-hydrogen) atoms. The molecule has 1 aromatic rings. The number of hydrogen-bond donors (Lipinski definition) is 1. The van der Waals surface area contributed by atoms with Gasteiger partial charge in [0.15, 0.2) is 9.84 Å². The van der Waals surface area contributed by atoms with Crippen molar-refractivity contribution in [1.29, 1.82) is 0 Å². The summed E-state index contributed by atoms with van der Waals surface area (Å²) in [7, 11) is -3.15. The molecule has 0 spiro atoms. The summed E-state index contributed by atoms with van der Waals surface area (Å²) in [4.78, 5) is 2.46. The number of fused-ring (bicyclic) bond motifs is 1. The van der Waals surface area contributed by atoms with Gasteiger partial charge in [-0.3, -0.25) is 0 Å². The van der Waals surface area contributed by atoms with Crippen molar-refractivity contribution in [3.63, 3.8) is 0 Å². The van der Waals surface area contributed by atoms with E-state index in [0.29, 0.717) is 18.0 Å². The maximum atomic E-state index is 12.0. The van der Waals surface area contributed by atoms with Gasteiger partial charge >= 0.3 is 0 Å². The van der Waals surface area contributed by atoms with Crippen molar-refractivity contribution < 1.29 is 8.42 Å². The minimum atomic E-state index is -3.15. The summed E-state index contributed by atoms with van der Waals surface area (Å²) in [5.41, 5.74) is 6.42. The molecule has 0 saturated heterocycles. The zero-order valence-corrected chi connectivity index (χ0v) is 12.0. The first-order valence-electron chi connectivity index (χ1n) is 5.45. The predicted octanol–water partition coefficient (Wildman–Crippen LogP) is 1.39. The maximum absolute atomic E-state index is 12.0. The Morgan fingerprint density at radius 1 is 1.53 bits per heavy atom. The Hall–Kier alpha value is -0.590. The van der Waals surface area contributed by atoms with Crippen LogP contribution in [0.15, 0.2) is 27.6 Å². The van der Waals surface area contributed by atoms with E-state index < -0.39 is 9.84 Å². The highest BCUT2D eigenvalue weighted by Crippen LogP contribution is 2.33. The Balaban J connectivity index is 2.56. The van der Waals surface area contributed by atoms with E-state index in [2.05, 4.69) is 20.8 Å². The fraction of sp³-hybridized carbons (Fsp3) is 0.455. The third-order valence-corrected chi connectivity index (χ3v) is 5.25. The van der Waals surface area contributed by atoms with E-state index in [4.69, 9.17) is 5.73 Å². The minimum absolute atomic E-state index is 0.144. The highest BCUT2D eigenvalue weighted by atomic mass is 79.9. The number of sulfone groups is 1. The molecule has 4 nitrogen and oxygen atoms in total. The second kappa shape index (κ2) is 4.59. The Morgan fingerprint density at radius 2 is 2.24 bits per heavy atom. The summed E-state index contributed by atoms with van der Waals surface area (Å²) in [5, 5.41) is 0. The van der Waals surface area contributed by atoms with Gasteiger partial charge in [0.25, 0.3) is 0 Å². The average Bonchev–Trinajstić information content (AvgIpc) is 2.29. The lowest BCUT2D eigenvalue weighted by Crippen LogP contribution is -2.44. The Bertz CT molecular complexity index is 530. The maximum Gasteiger partial charge on any atom is 0.182 e. The first-order valence-corrected chi connectivity index (χ1v) is 7.89. The van der Waals surface area contributed by atoms with Crippen LogP contribution in [0.5, 0.6) is 0 Å². The molecular formula is C11H15BrN2O2S. The number of hydrogen-bond acceptors (Lipinski definition) is 4. The van der Waals surface area contributed by atoms with Crippen molar-refractivity contribution in [3.05, 3.63) is 22.7 Å².